The molecule has 1 saturated heterocycles. The molecule has 4 rings (SSSR count). The summed E-state index contributed by atoms with van der Waals surface area (Å²) < 4.78 is 37.9. The number of para-hydroxylation sites is 2. The summed E-state index contributed by atoms with van der Waals surface area (Å²) in [5.41, 5.74) is 1.76. The summed E-state index contributed by atoms with van der Waals surface area (Å²) >= 11 is 0. The summed E-state index contributed by atoms with van der Waals surface area (Å²) in [6.45, 7) is 2.98. The molecule has 0 atom stereocenters. The van der Waals surface area contributed by atoms with Crippen molar-refractivity contribution in [2.24, 2.45) is 0 Å². The van der Waals surface area contributed by atoms with E-state index in [2.05, 4.69) is 14.9 Å². The SMILES string of the molecule is O=C(c1nc2ccccc2[nH]1)N1CCN(Cc2ccc(C(F)(F)F)cc2)CC1. The van der Waals surface area contributed by atoms with Crippen molar-refractivity contribution in [1.82, 2.24) is 19.8 Å². The number of H-pyrrole nitrogens is 1. The van der Waals surface area contributed by atoms with Crippen molar-refractivity contribution >= 4 is 16.9 Å². The van der Waals surface area contributed by atoms with Crippen molar-refractivity contribution in [3.8, 4) is 0 Å². The minimum atomic E-state index is -4.32. The molecule has 1 fully saturated rings. The number of carbonyl (C=O) groups excluding carboxylic acids is 1. The van der Waals surface area contributed by atoms with Gasteiger partial charge < -0.3 is 9.88 Å². The Morgan fingerprint density at radius 2 is 1.68 bits per heavy atom. The number of piperazine rings is 1. The summed E-state index contributed by atoms with van der Waals surface area (Å²) in [4.78, 5) is 24.0. The van der Waals surface area contributed by atoms with Gasteiger partial charge in [0.15, 0.2) is 5.82 Å². The first kappa shape index (κ1) is 18.5. The van der Waals surface area contributed by atoms with Crippen LogP contribution < -0.4 is 0 Å². The van der Waals surface area contributed by atoms with E-state index in [-0.39, 0.29) is 5.91 Å². The number of aromatic amines is 1. The average Bonchev–Trinajstić information content (AvgIpc) is 3.12. The Labute approximate surface area is 159 Å². The first-order valence-corrected chi connectivity index (χ1v) is 9.03. The van der Waals surface area contributed by atoms with Gasteiger partial charge in [0.05, 0.1) is 16.6 Å². The number of alkyl halides is 3. The van der Waals surface area contributed by atoms with E-state index < -0.39 is 11.7 Å². The molecule has 0 radical (unpaired) electrons. The number of rotatable bonds is 3. The molecule has 146 valence electrons. The molecule has 28 heavy (non-hydrogen) atoms. The van der Waals surface area contributed by atoms with Crippen molar-refractivity contribution in [2.75, 3.05) is 26.2 Å². The lowest BCUT2D eigenvalue weighted by atomic mass is 10.1. The van der Waals surface area contributed by atoms with Gasteiger partial charge in [-0.25, -0.2) is 4.98 Å². The Kier molecular flexibility index (Phi) is 4.80. The molecule has 2 heterocycles. The monoisotopic (exact) mass is 388 g/mol. The molecule has 3 aromatic rings. The van der Waals surface area contributed by atoms with Crippen LogP contribution in [-0.4, -0.2) is 51.9 Å². The maximum atomic E-state index is 12.7. The highest BCUT2D eigenvalue weighted by Gasteiger charge is 2.30. The van der Waals surface area contributed by atoms with Gasteiger partial charge >= 0.3 is 6.18 Å². The van der Waals surface area contributed by atoms with E-state index in [1.54, 1.807) is 4.90 Å². The Morgan fingerprint density at radius 3 is 2.32 bits per heavy atom. The number of hydrogen-bond donors (Lipinski definition) is 1. The Balaban J connectivity index is 1.34. The van der Waals surface area contributed by atoms with Crippen LogP contribution in [0.15, 0.2) is 48.5 Å². The van der Waals surface area contributed by atoms with E-state index in [0.29, 0.717) is 38.5 Å². The molecule has 0 aliphatic carbocycles. The number of aromatic nitrogens is 2. The summed E-state index contributed by atoms with van der Waals surface area (Å²) in [6, 6.07) is 12.7. The lowest BCUT2D eigenvalue weighted by molar-refractivity contribution is -0.137. The topological polar surface area (TPSA) is 52.2 Å². The molecule has 8 heteroatoms. The molecule has 5 nitrogen and oxygen atoms in total. The highest BCUT2D eigenvalue weighted by molar-refractivity contribution is 5.94. The Hall–Kier alpha value is -2.87. The number of nitrogens with zero attached hydrogens (tertiary/aromatic N) is 3. The second-order valence-corrected chi connectivity index (χ2v) is 6.87. The van der Waals surface area contributed by atoms with Crippen LogP contribution in [0, 0.1) is 0 Å². The van der Waals surface area contributed by atoms with Gasteiger partial charge in [-0.15, -0.1) is 0 Å². The van der Waals surface area contributed by atoms with E-state index in [1.165, 1.54) is 12.1 Å². The van der Waals surface area contributed by atoms with E-state index in [9.17, 15) is 18.0 Å². The molecule has 0 unspecified atom stereocenters. The molecule has 1 amide bonds. The van der Waals surface area contributed by atoms with Gasteiger partial charge in [-0.3, -0.25) is 9.69 Å². The summed E-state index contributed by atoms with van der Waals surface area (Å²) in [5.74, 6) is 0.197. The summed E-state index contributed by atoms with van der Waals surface area (Å²) in [5, 5.41) is 0. The smallest absolute Gasteiger partial charge is 0.334 e. The Bertz CT molecular complexity index is 940. The molecule has 1 N–H and O–H groups in total. The third-order valence-electron chi connectivity index (χ3n) is 4.94. The zero-order valence-corrected chi connectivity index (χ0v) is 15.0. The van der Waals surface area contributed by atoms with Gasteiger partial charge in [0, 0.05) is 32.7 Å². The molecule has 1 aliphatic heterocycles. The van der Waals surface area contributed by atoms with Crippen LogP contribution in [0.25, 0.3) is 11.0 Å². The molecule has 1 aromatic heterocycles. The zero-order chi connectivity index (χ0) is 19.7. The maximum Gasteiger partial charge on any atom is 0.416 e. The summed E-state index contributed by atoms with van der Waals surface area (Å²) in [7, 11) is 0. The standard InChI is InChI=1S/C20H19F3N4O/c21-20(22,23)15-7-5-14(6-8-15)13-26-9-11-27(12-10-26)19(28)18-24-16-3-1-2-4-17(16)25-18/h1-8H,9-13H2,(H,24,25). The van der Waals surface area contributed by atoms with Crippen LogP contribution in [0.5, 0.6) is 0 Å². The second-order valence-electron chi connectivity index (χ2n) is 6.87. The van der Waals surface area contributed by atoms with Crippen LogP contribution in [0.4, 0.5) is 13.2 Å². The molecular weight excluding hydrogens is 369 g/mol. The average molecular weight is 388 g/mol. The van der Waals surface area contributed by atoms with Gasteiger partial charge in [-0.1, -0.05) is 24.3 Å². The third kappa shape index (κ3) is 3.87. The van der Waals surface area contributed by atoms with Crippen molar-refractivity contribution in [1.29, 1.82) is 0 Å². The minimum Gasteiger partial charge on any atom is -0.334 e. The fraction of sp³-hybridized carbons (Fsp3) is 0.300. The van der Waals surface area contributed by atoms with E-state index in [1.807, 2.05) is 24.3 Å². The molecule has 0 bridgehead atoms. The van der Waals surface area contributed by atoms with Crippen molar-refractivity contribution in [3.05, 3.63) is 65.5 Å². The molecular formula is C20H19F3N4O. The van der Waals surface area contributed by atoms with Crippen molar-refractivity contribution < 1.29 is 18.0 Å². The van der Waals surface area contributed by atoms with Crippen LogP contribution in [0.3, 0.4) is 0 Å². The fourth-order valence-corrected chi connectivity index (χ4v) is 3.37. The number of benzene rings is 2. The predicted molar refractivity (Wildman–Crippen MR) is 98.7 cm³/mol. The number of amides is 1. The fourth-order valence-electron chi connectivity index (χ4n) is 3.37. The molecule has 2 aromatic carbocycles. The maximum absolute atomic E-state index is 12.7. The van der Waals surface area contributed by atoms with Crippen LogP contribution in [0.2, 0.25) is 0 Å². The van der Waals surface area contributed by atoms with Crippen LogP contribution >= 0.6 is 0 Å². The summed E-state index contributed by atoms with van der Waals surface area (Å²) in [6.07, 6.45) is -4.32. The number of hydrogen-bond acceptors (Lipinski definition) is 3. The highest BCUT2D eigenvalue weighted by atomic mass is 19.4. The zero-order valence-electron chi connectivity index (χ0n) is 15.0. The van der Waals surface area contributed by atoms with Gasteiger partial charge in [-0.05, 0) is 29.8 Å². The number of imidazole rings is 1. The number of fused-ring (bicyclic) bond motifs is 1. The van der Waals surface area contributed by atoms with Gasteiger partial charge in [0.25, 0.3) is 5.91 Å². The highest BCUT2D eigenvalue weighted by Crippen LogP contribution is 2.29. The van der Waals surface area contributed by atoms with E-state index >= 15 is 0 Å². The van der Waals surface area contributed by atoms with Gasteiger partial charge in [-0.2, -0.15) is 13.2 Å². The number of halogens is 3. The first-order chi connectivity index (χ1) is 13.4. The quantitative estimate of drug-likeness (QED) is 0.747. The second kappa shape index (κ2) is 7.27. The third-order valence-corrected chi connectivity index (χ3v) is 4.94. The molecule has 1 aliphatic rings. The Morgan fingerprint density at radius 1 is 1.00 bits per heavy atom. The number of nitrogens with one attached hydrogen (secondary N) is 1. The largest absolute Gasteiger partial charge is 0.416 e. The van der Waals surface area contributed by atoms with Crippen molar-refractivity contribution in [3.63, 3.8) is 0 Å². The van der Waals surface area contributed by atoms with Gasteiger partial charge in [0.1, 0.15) is 0 Å². The van der Waals surface area contributed by atoms with Crippen LogP contribution in [-0.2, 0) is 12.7 Å². The predicted octanol–water partition coefficient (Wildman–Crippen LogP) is 3.54. The normalized spacial score (nSPS) is 15.9. The van der Waals surface area contributed by atoms with E-state index in [4.69, 9.17) is 0 Å². The molecule has 0 saturated carbocycles. The lowest BCUT2D eigenvalue weighted by Crippen LogP contribution is -2.48. The number of carbonyl (C=O) groups is 1. The lowest BCUT2D eigenvalue weighted by Gasteiger charge is -2.34. The minimum absolute atomic E-state index is 0.134. The van der Waals surface area contributed by atoms with Crippen molar-refractivity contribution in [2.45, 2.75) is 12.7 Å². The molecule has 0 spiro atoms. The van der Waals surface area contributed by atoms with Gasteiger partial charge in [0.2, 0.25) is 0 Å². The van der Waals surface area contributed by atoms with E-state index in [0.717, 1.165) is 28.7 Å². The van der Waals surface area contributed by atoms with Crippen LogP contribution in [0.1, 0.15) is 21.7 Å². The first-order valence-electron chi connectivity index (χ1n) is 9.03.